The molecule has 3 aliphatic carbocycles. The molecule has 3 aromatic rings. The molecule has 0 unspecified atom stereocenters. The molecular weight excluding hydrogens is 394 g/mol. The van der Waals surface area contributed by atoms with Gasteiger partial charge in [-0.1, -0.05) is 67.1 Å². The number of carbonyl (C=O) groups is 2. The molecule has 1 fully saturated rings. The zero-order chi connectivity index (χ0) is 20.6. The molecular formula is C26H20ClNO2. The highest BCUT2D eigenvalue weighted by Gasteiger charge is 2.67. The van der Waals surface area contributed by atoms with Crippen LogP contribution in [0.3, 0.4) is 0 Å². The van der Waals surface area contributed by atoms with E-state index >= 15 is 0 Å². The average molecular weight is 414 g/mol. The summed E-state index contributed by atoms with van der Waals surface area (Å²) in [6.07, 6.45) is 0.766. The molecule has 3 nitrogen and oxygen atoms in total. The number of hydrogen-bond donors (Lipinski definition) is 0. The van der Waals surface area contributed by atoms with Gasteiger partial charge in [0.1, 0.15) is 0 Å². The van der Waals surface area contributed by atoms with Crippen molar-refractivity contribution in [1.82, 2.24) is 0 Å². The maximum Gasteiger partial charge on any atom is 0.238 e. The van der Waals surface area contributed by atoms with Crippen molar-refractivity contribution in [3.63, 3.8) is 0 Å². The number of nitrogens with zero attached hydrogens (tertiary/aromatic N) is 1. The molecule has 1 aliphatic heterocycles. The maximum atomic E-state index is 13.9. The summed E-state index contributed by atoms with van der Waals surface area (Å²) in [5.74, 6) is -1.05. The van der Waals surface area contributed by atoms with Gasteiger partial charge in [0.25, 0.3) is 0 Å². The first-order chi connectivity index (χ1) is 14.6. The molecule has 1 saturated heterocycles. The van der Waals surface area contributed by atoms with E-state index in [-0.39, 0.29) is 29.6 Å². The van der Waals surface area contributed by atoms with E-state index < -0.39 is 5.41 Å². The van der Waals surface area contributed by atoms with E-state index in [2.05, 4.69) is 31.2 Å². The van der Waals surface area contributed by atoms with Crippen LogP contribution < -0.4 is 4.90 Å². The molecule has 4 aliphatic rings. The van der Waals surface area contributed by atoms with Gasteiger partial charge in [0, 0.05) is 16.4 Å². The lowest BCUT2D eigenvalue weighted by Crippen LogP contribution is -2.53. The third-order valence-corrected chi connectivity index (χ3v) is 7.69. The van der Waals surface area contributed by atoms with Crippen LogP contribution in [-0.4, -0.2) is 11.8 Å². The van der Waals surface area contributed by atoms with Gasteiger partial charge < -0.3 is 0 Å². The molecule has 0 aromatic heterocycles. The summed E-state index contributed by atoms with van der Waals surface area (Å²) in [6, 6.07) is 23.7. The highest BCUT2D eigenvalue weighted by Crippen LogP contribution is 2.65. The number of carbonyl (C=O) groups excluding carboxylic acids is 2. The van der Waals surface area contributed by atoms with Crippen LogP contribution in [0.15, 0.2) is 72.8 Å². The molecule has 148 valence electrons. The molecule has 0 N–H and O–H groups in total. The fourth-order valence-corrected chi connectivity index (χ4v) is 6.50. The van der Waals surface area contributed by atoms with Crippen molar-refractivity contribution in [2.75, 3.05) is 4.90 Å². The van der Waals surface area contributed by atoms with Crippen LogP contribution in [0, 0.1) is 11.8 Å². The SMILES string of the molecule is CCC12c3ccccc3C(c3ccccc31)[C@@H]1C(=O)N(c3ccc(Cl)cc3)C(=O)[C@H]12. The Bertz CT molecular complexity index is 1170. The van der Waals surface area contributed by atoms with Crippen LogP contribution in [-0.2, 0) is 15.0 Å². The van der Waals surface area contributed by atoms with Crippen LogP contribution >= 0.6 is 11.6 Å². The predicted molar refractivity (Wildman–Crippen MR) is 117 cm³/mol. The maximum absolute atomic E-state index is 13.9. The van der Waals surface area contributed by atoms with Gasteiger partial charge >= 0.3 is 0 Å². The molecule has 2 atom stereocenters. The number of anilines is 1. The van der Waals surface area contributed by atoms with Crippen molar-refractivity contribution < 1.29 is 9.59 Å². The average Bonchev–Trinajstić information content (AvgIpc) is 3.05. The standard InChI is InChI=1S/C26H20ClNO2/c1-2-26-19-9-5-3-7-17(19)21(18-8-4-6-10-20(18)26)22-23(26)25(30)28(24(22)29)16-13-11-15(27)12-14-16/h3-14,21-23H,2H2,1H3/t21?,22-,23-,26?/m0/s1. The summed E-state index contributed by atoms with van der Waals surface area (Å²) in [4.78, 5) is 29.1. The topological polar surface area (TPSA) is 37.4 Å². The Morgan fingerprint density at radius 2 is 1.40 bits per heavy atom. The predicted octanol–water partition coefficient (Wildman–Crippen LogP) is 5.30. The van der Waals surface area contributed by atoms with E-state index in [1.54, 1.807) is 24.3 Å². The Morgan fingerprint density at radius 1 is 0.833 bits per heavy atom. The zero-order valence-corrected chi connectivity index (χ0v) is 17.3. The highest BCUT2D eigenvalue weighted by atomic mass is 35.5. The van der Waals surface area contributed by atoms with E-state index in [0.29, 0.717) is 10.7 Å². The van der Waals surface area contributed by atoms with Gasteiger partial charge in [0.15, 0.2) is 0 Å². The summed E-state index contributed by atoms with van der Waals surface area (Å²) in [5, 5.41) is 0.583. The summed E-state index contributed by atoms with van der Waals surface area (Å²) < 4.78 is 0. The summed E-state index contributed by atoms with van der Waals surface area (Å²) >= 11 is 6.05. The van der Waals surface area contributed by atoms with Gasteiger partial charge in [-0.15, -0.1) is 0 Å². The minimum absolute atomic E-state index is 0.0930. The van der Waals surface area contributed by atoms with Crippen molar-refractivity contribution in [3.8, 4) is 0 Å². The third-order valence-electron chi connectivity index (χ3n) is 7.44. The van der Waals surface area contributed by atoms with Gasteiger partial charge in [-0.3, -0.25) is 9.59 Å². The van der Waals surface area contributed by atoms with Crippen LogP contribution in [0.25, 0.3) is 0 Å². The van der Waals surface area contributed by atoms with Gasteiger partial charge in [0.05, 0.1) is 17.5 Å². The quantitative estimate of drug-likeness (QED) is 0.534. The Hall–Kier alpha value is -2.91. The van der Waals surface area contributed by atoms with E-state index in [9.17, 15) is 9.59 Å². The first-order valence-corrected chi connectivity index (χ1v) is 10.8. The molecule has 1 heterocycles. The second kappa shape index (κ2) is 6.05. The highest BCUT2D eigenvalue weighted by molar-refractivity contribution is 6.31. The van der Waals surface area contributed by atoms with Crippen LogP contribution in [0.2, 0.25) is 5.02 Å². The van der Waals surface area contributed by atoms with Crippen molar-refractivity contribution in [2.24, 2.45) is 11.8 Å². The van der Waals surface area contributed by atoms with Gasteiger partial charge in [-0.2, -0.15) is 0 Å². The van der Waals surface area contributed by atoms with Crippen LogP contribution in [0.4, 0.5) is 5.69 Å². The lowest BCUT2D eigenvalue weighted by molar-refractivity contribution is -0.123. The van der Waals surface area contributed by atoms with Gasteiger partial charge in [-0.05, 0) is 52.9 Å². The second-order valence-corrected chi connectivity index (χ2v) is 8.91. The zero-order valence-electron chi connectivity index (χ0n) is 16.5. The third kappa shape index (κ3) is 1.96. The minimum Gasteiger partial charge on any atom is -0.274 e. The van der Waals surface area contributed by atoms with Crippen molar-refractivity contribution in [2.45, 2.75) is 24.7 Å². The fourth-order valence-electron chi connectivity index (χ4n) is 6.37. The fraction of sp³-hybridized carbons (Fsp3) is 0.231. The van der Waals surface area contributed by atoms with Gasteiger partial charge in [0.2, 0.25) is 11.8 Å². The monoisotopic (exact) mass is 413 g/mol. The lowest BCUT2D eigenvalue weighted by Gasteiger charge is -2.54. The summed E-state index contributed by atoms with van der Waals surface area (Å²) in [5.41, 5.74) is 4.91. The van der Waals surface area contributed by atoms with Crippen molar-refractivity contribution >= 4 is 29.1 Å². The largest absolute Gasteiger partial charge is 0.274 e. The Balaban J connectivity index is 1.63. The van der Waals surface area contributed by atoms with Crippen molar-refractivity contribution in [1.29, 1.82) is 0 Å². The summed E-state index contributed by atoms with van der Waals surface area (Å²) in [7, 11) is 0. The molecule has 30 heavy (non-hydrogen) atoms. The minimum atomic E-state index is -0.486. The van der Waals surface area contributed by atoms with E-state index in [1.807, 2.05) is 24.3 Å². The Kier molecular flexibility index (Phi) is 3.61. The van der Waals surface area contributed by atoms with E-state index in [0.717, 1.165) is 6.42 Å². The number of hydrogen-bond acceptors (Lipinski definition) is 2. The molecule has 2 amide bonds. The number of imide groups is 1. The normalized spacial score (nSPS) is 28.3. The number of rotatable bonds is 2. The molecule has 7 rings (SSSR count). The van der Waals surface area contributed by atoms with Crippen molar-refractivity contribution in [3.05, 3.63) is 100 Å². The Labute approximate surface area is 180 Å². The molecule has 0 radical (unpaired) electrons. The summed E-state index contributed by atoms with van der Waals surface area (Å²) in [6.45, 7) is 2.14. The second-order valence-electron chi connectivity index (χ2n) is 8.47. The Morgan fingerprint density at radius 3 is 1.97 bits per heavy atom. The molecule has 3 aromatic carbocycles. The van der Waals surface area contributed by atoms with Gasteiger partial charge in [-0.25, -0.2) is 4.90 Å². The van der Waals surface area contributed by atoms with Crippen LogP contribution in [0.1, 0.15) is 41.5 Å². The smallest absolute Gasteiger partial charge is 0.238 e. The number of amides is 2. The number of benzene rings is 3. The first-order valence-electron chi connectivity index (χ1n) is 10.4. The molecule has 0 saturated carbocycles. The van der Waals surface area contributed by atoms with Crippen LogP contribution in [0.5, 0.6) is 0 Å². The molecule has 0 spiro atoms. The number of halogens is 1. The molecule has 2 bridgehead atoms. The van der Waals surface area contributed by atoms with E-state index in [1.165, 1.54) is 27.2 Å². The van der Waals surface area contributed by atoms with E-state index in [4.69, 9.17) is 11.6 Å². The first kappa shape index (κ1) is 17.9. The lowest BCUT2D eigenvalue weighted by atomic mass is 9.46. The molecule has 4 heteroatoms.